The van der Waals surface area contributed by atoms with Crippen molar-refractivity contribution >= 4 is 17.5 Å². The molecule has 2 N–H and O–H groups in total. The Kier molecular flexibility index (Phi) is 5.40. The predicted octanol–water partition coefficient (Wildman–Crippen LogP) is 1.72. The van der Waals surface area contributed by atoms with Gasteiger partial charge in [-0.05, 0) is 24.6 Å². The summed E-state index contributed by atoms with van der Waals surface area (Å²) in [4.78, 5) is 16.2. The standard InChI is InChI=1S/C15H22ClN3O/c1-12(17)10-15(20)19-8-6-18(7-9-19)11-13-2-4-14(16)5-3-13/h2-5,12H,6-11,17H2,1H3. The van der Waals surface area contributed by atoms with Crippen molar-refractivity contribution in [2.24, 2.45) is 5.73 Å². The molecule has 20 heavy (non-hydrogen) atoms. The summed E-state index contributed by atoms with van der Waals surface area (Å²) >= 11 is 5.88. The molecule has 0 saturated carbocycles. The van der Waals surface area contributed by atoms with Crippen molar-refractivity contribution in [2.75, 3.05) is 26.2 Å². The molecule has 1 atom stereocenters. The smallest absolute Gasteiger partial charge is 0.224 e. The molecular formula is C15H22ClN3O. The van der Waals surface area contributed by atoms with Gasteiger partial charge in [-0.15, -0.1) is 0 Å². The number of nitrogens with zero attached hydrogens (tertiary/aromatic N) is 2. The second-order valence-electron chi connectivity index (χ2n) is 5.46. The average Bonchev–Trinajstić information content (AvgIpc) is 2.41. The van der Waals surface area contributed by atoms with Gasteiger partial charge >= 0.3 is 0 Å². The summed E-state index contributed by atoms with van der Waals surface area (Å²) in [5, 5.41) is 0.764. The van der Waals surface area contributed by atoms with Crippen LogP contribution in [0.15, 0.2) is 24.3 Å². The highest BCUT2D eigenvalue weighted by atomic mass is 35.5. The fourth-order valence-corrected chi connectivity index (χ4v) is 2.53. The Morgan fingerprint density at radius 3 is 2.40 bits per heavy atom. The Morgan fingerprint density at radius 1 is 1.25 bits per heavy atom. The number of benzene rings is 1. The molecule has 0 aliphatic carbocycles. The molecule has 1 unspecified atom stereocenters. The Labute approximate surface area is 125 Å². The number of hydrogen-bond acceptors (Lipinski definition) is 3. The summed E-state index contributed by atoms with van der Waals surface area (Å²) in [7, 11) is 0. The van der Waals surface area contributed by atoms with Crippen molar-refractivity contribution in [3.05, 3.63) is 34.9 Å². The highest BCUT2D eigenvalue weighted by Crippen LogP contribution is 2.13. The van der Waals surface area contributed by atoms with Crippen LogP contribution in [-0.4, -0.2) is 47.9 Å². The molecule has 1 aliphatic heterocycles. The Bertz CT molecular complexity index is 439. The summed E-state index contributed by atoms with van der Waals surface area (Å²) in [5.74, 6) is 0.172. The first kappa shape index (κ1) is 15.3. The van der Waals surface area contributed by atoms with Gasteiger partial charge in [-0.2, -0.15) is 0 Å². The minimum absolute atomic E-state index is 0.0606. The molecular weight excluding hydrogens is 274 g/mol. The van der Waals surface area contributed by atoms with E-state index in [1.165, 1.54) is 5.56 Å². The van der Waals surface area contributed by atoms with Gasteiger partial charge in [0, 0.05) is 50.2 Å². The Morgan fingerprint density at radius 2 is 1.85 bits per heavy atom. The SMILES string of the molecule is CC(N)CC(=O)N1CCN(Cc2ccc(Cl)cc2)CC1. The number of rotatable bonds is 4. The zero-order valence-corrected chi connectivity index (χ0v) is 12.6. The molecule has 1 heterocycles. The molecule has 0 radical (unpaired) electrons. The van der Waals surface area contributed by atoms with E-state index in [1.54, 1.807) is 0 Å². The number of halogens is 1. The molecule has 1 saturated heterocycles. The third-order valence-electron chi connectivity index (χ3n) is 3.54. The van der Waals surface area contributed by atoms with Crippen LogP contribution in [-0.2, 0) is 11.3 Å². The van der Waals surface area contributed by atoms with E-state index in [0.29, 0.717) is 6.42 Å². The van der Waals surface area contributed by atoms with Crippen molar-refractivity contribution in [1.82, 2.24) is 9.80 Å². The lowest BCUT2D eigenvalue weighted by Gasteiger charge is -2.35. The topological polar surface area (TPSA) is 49.6 Å². The van der Waals surface area contributed by atoms with Gasteiger partial charge in [0.05, 0.1) is 0 Å². The van der Waals surface area contributed by atoms with E-state index in [4.69, 9.17) is 17.3 Å². The molecule has 0 spiro atoms. The summed E-state index contributed by atoms with van der Waals surface area (Å²) in [6.45, 7) is 6.18. The van der Waals surface area contributed by atoms with Gasteiger partial charge in [0.2, 0.25) is 5.91 Å². The van der Waals surface area contributed by atoms with Crippen LogP contribution >= 0.6 is 11.6 Å². The molecule has 1 amide bonds. The maximum Gasteiger partial charge on any atom is 0.224 e. The number of piperazine rings is 1. The van der Waals surface area contributed by atoms with Crippen molar-refractivity contribution in [2.45, 2.75) is 25.9 Å². The number of hydrogen-bond donors (Lipinski definition) is 1. The summed E-state index contributed by atoms with van der Waals surface area (Å²) in [6, 6.07) is 7.87. The van der Waals surface area contributed by atoms with Crippen molar-refractivity contribution in [3.8, 4) is 0 Å². The van der Waals surface area contributed by atoms with E-state index in [2.05, 4.69) is 17.0 Å². The van der Waals surface area contributed by atoms with Crippen LogP contribution in [0.2, 0.25) is 5.02 Å². The number of carbonyl (C=O) groups excluding carboxylic acids is 1. The van der Waals surface area contributed by atoms with Gasteiger partial charge in [-0.3, -0.25) is 9.69 Å². The normalized spacial score (nSPS) is 18.1. The quantitative estimate of drug-likeness (QED) is 0.920. The first-order valence-electron chi connectivity index (χ1n) is 7.05. The molecule has 4 nitrogen and oxygen atoms in total. The molecule has 1 aromatic carbocycles. The van der Waals surface area contributed by atoms with E-state index in [1.807, 2.05) is 24.0 Å². The lowest BCUT2D eigenvalue weighted by molar-refractivity contribution is -0.133. The van der Waals surface area contributed by atoms with Crippen molar-refractivity contribution < 1.29 is 4.79 Å². The highest BCUT2D eigenvalue weighted by Gasteiger charge is 2.21. The van der Waals surface area contributed by atoms with Crippen molar-refractivity contribution in [1.29, 1.82) is 0 Å². The average molecular weight is 296 g/mol. The number of nitrogens with two attached hydrogens (primary N) is 1. The fraction of sp³-hybridized carbons (Fsp3) is 0.533. The van der Waals surface area contributed by atoms with Crippen LogP contribution in [0.5, 0.6) is 0 Å². The van der Waals surface area contributed by atoms with Crippen LogP contribution in [0.25, 0.3) is 0 Å². The summed E-state index contributed by atoms with van der Waals surface area (Å²) in [6.07, 6.45) is 0.442. The number of amides is 1. The highest BCUT2D eigenvalue weighted by molar-refractivity contribution is 6.30. The van der Waals surface area contributed by atoms with E-state index in [-0.39, 0.29) is 11.9 Å². The van der Waals surface area contributed by atoms with Crippen LogP contribution < -0.4 is 5.73 Å². The largest absolute Gasteiger partial charge is 0.340 e. The van der Waals surface area contributed by atoms with Crippen LogP contribution in [0.3, 0.4) is 0 Å². The van der Waals surface area contributed by atoms with Crippen LogP contribution in [0.1, 0.15) is 18.9 Å². The molecule has 5 heteroatoms. The maximum atomic E-state index is 11.9. The van der Waals surface area contributed by atoms with Gasteiger partial charge in [-0.1, -0.05) is 23.7 Å². The van der Waals surface area contributed by atoms with E-state index < -0.39 is 0 Å². The second kappa shape index (κ2) is 7.07. The van der Waals surface area contributed by atoms with Gasteiger partial charge in [-0.25, -0.2) is 0 Å². The van der Waals surface area contributed by atoms with Gasteiger partial charge in [0.25, 0.3) is 0 Å². The molecule has 110 valence electrons. The maximum absolute atomic E-state index is 11.9. The minimum Gasteiger partial charge on any atom is -0.340 e. The summed E-state index contributed by atoms with van der Waals surface area (Å²) in [5.41, 5.74) is 6.93. The fourth-order valence-electron chi connectivity index (χ4n) is 2.41. The third-order valence-corrected chi connectivity index (χ3v) is 3.79. The molecule has 0 aromatic heterocycles. The van der Waals surface area contributed by atoms with Gasteiger partial charge < -0.3 is 10.6 Å². The Hall–Kier alpha value is -1.10. The summed E-state index contributed by atoms with van der Waals surface area (Å²) < 4.78 is 0. The Balaban J connectivity index is 1.79. The van der Waals surface area contributed by atoms with E-state index in [9.17, 15) is 4.79 Å². The zero-order chi connectivity index (χ0) is 14.5. The van der Waals surface area contributed by atoms with Crippen molar-refractivity contribution in [3.63, 3.8) is 0 Å². The van der Waals surface area contributed by atoms with Gasteiger partial charge in [0.1, 0.15) is 0 Å². The van der Waals surface area contributed by atoms with E-state index in [0.717, 1.165) is 37.7 Å². The molecule has 1 aromatic rings. The lowest BCUT2D eigenvalue weighted by Crippen LogP contribution is -2.49. The van der Waals surface area contributed by atoms with Gasteiger partial charge in [0.15, 0.2) is 0 Å². The molecule has 1 fully saturated rings. The van der Waals surface area contributed by atoms with Crippen LogP contribution in [0.4, 0.5) is 0 Å². The first-order valence-corrected chi connectivity index (χ1v) is 7.42. The lowest BCUT2D eigenvalue weighted by atomic mass is 10.2. The molecule has 1 aliphatic rings. The third kappa shape index (κ3) is 4.47. The number of carbonyl (C=O) groups is 1. The predicted molar refractivity (Wildman–Crippen MR) is 81.6 cm³/mol. The second-order valence-corrected chi connectivity index (χ2v) is 5.90. The minimum atomic E-state index is -0.0606. The van der Waals surface area contributed by atoms with E-state index >= 15 is 0 Å². The monoisotopic (exact) mass is 295 g/mol. The molecule has 0 bridgehead atoms. The first-order chi connectivity index (χ1) is 9.54. The molecule has 2 rings (SSSR count). The zero-order valence-electron chi connectivity index (χ0n) is 11.9. The van der Waals surface area contributed by atoms with Crippen LogP contribution in [0, 0.1) is 0 Å².